The molecule has 8 heteroatoms. The Morgan fingerprint density at radius 1 is 1.06 bits per heavy atom. The molecule has 31 heavy (non-hydrogen) atoms. The molecule has 0 N–H and O–H groups in total. The highest BCUT2D eigenvalue weighted by molar-refractivity contribution is 7.91. The maximum Gasteiger partial charge on any atom is 0.223 e. The predicted octanol–water partition coefficient (Wildman–Crippen LogP) is 2.71. The average molecular weight is 441 g/mol. The van der Waals surface area contributed by atoms with Crippen molar-refractivity contribution in [2.75, 3.05) is 23.7 Å². The lowest BCUT2D eigenvalue weighted by Gasteiger charge is -2.41. The van der Waals surface area contributed by atoms with Crippen molar-refractivity contribution in [3.8, 4) is 0 Å². The van der Waals surface area contributed by atoms with E-state index < -0.39 is 9.84 Å². The van der Waals surface area contributed by atoms with Gasteiger partial charge in [0.25, 0.3) is 0 Å². The number of aromatic nitrogens is 2. The van der Waals surface area contributed by atoms with Crippen LogP contribution in [0.3, 0.4) is 0 Å². The van der Waals surface area contributed by atoms with Crippen molar-refractivity contribution in [3.05, 3.63) is 47.9 Å². The second-order valence-electron chi connectivity index (χ2n) is 9.01. The van der Waals surface area contributed by atoms with Gasteiger partial charge in [0.15, 0.2) is 9.84 Å². The summed E-state index contributed by atoms with van der Waals surface area (Å²) >= 11 is 0. The summed E-state index contributed by atoms with van der Waals surface area (Å²) in [6, 6.07) is 7.91. The Morgan fingerprint density at radius 2 is 1.81 bits per heavy atom. The fourth-order valence-corrected chi connectivity index (χ4v) is 6.40. The lowest BCUT2D eigenvalue weighted by Crippen LogP contribution is -2.55. The molecule has 1 amide bonds. The van der Waals surface area contributed by atoms with Crippen LogP contribution in [0.2, 0.25) is 0 Å². The molecule has 3 fully saturated rings. The molecule has 2 unspecified atom stereocenters. The first-order valence-electron chi connectivity index (χ1n) is 11.1. The zero-order valence-corrected chi connectivity index (χ0v) is 18.6. The first-order chi connectivity index (χ1) is 14.9. The summed E-state index contributed by atoms with van der Waals surface area (Å²) < 4.78 is 25.9. The molecule has 2 bridgehead atoms. The molecular weight excluding hydrogens is 412 g/mol. The van der Waals surface area contributed by atoms with Crippen molar-refractivity contribution >= 4 is 21.6 Å². The second-order valence-corrected chi connectivity index (χ2v) is 11.1. The number of anilines is 1. The zero-order valence-electron chi connectivity index (χ0n) is 17.8. The maximum absolute atomic E-state index is 13.0. The van der Waals surface area contributed by atoms with Crippen LogP contribution < -0.4 is 4.90 Å². The minimum Gasteiger partial charge on any atom is -0.347 e. The van der Waals surface area contributed by atoms with Gasteiger partial charge in [-0.3, -0.25) is 9.78 Å². The summed E-state index contributed by atoms with van der Waals surface area (Å²) in [6.07, 6.45) is 7.58. The van der Waals surface area contributed by atoms with E-state index in [9.17, 15) is 13.2 Å². The van der Waals surface area contributed by atoms with Gasteiger partial charge in [-0.1, -0.05) is 6.07 Å². The Kier molecular flexibility index (Phi) is 5.20. The number of piperazine rings is 1. The third kappa shape index (κ3) is 4.05. The largest absolute Gasteiger partial charge is 0.347 e. The van der Waals surface area contributed by atoms with Gasteiger partial charge in [-0.05, 0) is 56.4 Å². The molecule has 4 heterocycles. The molecule has 2 atom stereocenters. The Balaban J connectivity index is 1.24. The van der Waals surface area contributed by atoms with Crippen molar-refractivity contribution < 1.29 is 13.2 Å². The van der Waals surface area contributed by atoms with Crippen LogP contribution in [0.1, 0.15) is 49.3 Å². The normalized spacial score (nSPS) is 23.3. The summed E-state index contributed by atoms with van der Waals surface area (Å²) in [5, 5.41) is 0. The molecule has 2 aromatic heterocycles. The molecule has 0 radical (unpaired) electrons. The first-order valence-corrected chi connectivity index (χ1v) is 12.7. The van der Waals surface area contributed by atoms with E-state index in [-0.39, 0.29) is 36.1 Å². The molecule has 0 spiro atoms. The molecular formula is C23H28N4O3S. The van der Waals surface area contributed by atoms with Crippen LogP contribution in [0.25, 0.3) is 0 Å². The monoisotopic (exact) mass is 440 g/mol. The van der Waals surface area contributed by atoms with Crippen LogP contribution in [0, 0.1) is 6.92 Å². The Morgan fingerprint density at radius 3 is 2.45 bits per heavy atom. The van der Waals surface area contributed by atoms with Gasteiger partial charge in [0.2, 0.25) is 5.91 Å². The second kappa shape index (κ2) is 7.89. The number of fused-ring (bicyclic) bond motifs is 2. The third-order valence-corrected chi connectivity index (χ3v) is 8.44. The van der Waals surface area contributed by atoms with Crippen molar-refractivity contribution in [2.45, 2.75) is 61.9 Å². The van der Waals surface area contributed by atoms with Gasteiger partial charge < -0.3 is 9.80 Å². The third-order valence-electron chi connectivity index (χ3n) is 6.68. The average Bonchev–Trinajstić information content (AvgIpc) is 3.58. The van der Waals surface area contributed by atoms with E-state index in [0.29, 0.717) is 23.7 Å². The van der Waals surface area contributed by atoms with Gasteiger partial charge in [0.1, 0.15) is 5.82 Å². The van der Waals surface area contributed by atoms with E-state index in [2.05, 4.69) is 27.0 Å². The Hall–Kier alpha value is -2.48. The van der Waals surface area contributed by atoms with E-state index in [1.165, 1.54) is 0 Å². The number of carbonyl (C=O) groups is 1. The Labute approximate surface area is 183 Å². The van der Waals surface area contributed by atoms with E-state index in [1.807, 2.05) is 18.0 Å². The van der Waals surface area contributed by atoms with Gasteiger partial charge in [-0.15, -0.1) is 0 Å². The lowest BCUT2D eigenvalue weighted by atomic mass is 10.1. The summed E-state index contributed by atoms with van der Waals surface area (Å²) in [5.41, 5.74) is 1.80. The van der Waals surface area contributed by atoms with E-state index in [0.717, 1.165) is 37.1 Å². The van der Waals surface area contributed by atoms with Gasteiger partial charge in [0, 0.05) is 49.9 Å². The fourth-order valence-electron chi connectivity index (χ4n) is 4.91. The highest BCUT2D eigenvalue weighted by atomic mass is 32.2. The van der Waals surface area contributed by atoms with Crippen LogP contribution in [-0.4, -0.2) is 60.1 Å². The molecule has 2 aromatic rings. The van der Waals surface area contributed by atoms with Crippen molar-refractivity contribution in [3.63, 3.8) is 0 Å². The number of likely N-dealkylation sites (tertiary alicyclic amines) is 1. The summed E-state index contributed by atoms with van der Waals surface area (Å²) in [4.78, 5) is 26.3. The van der Waals surface area contributed by atoms with Gasteiger partial charge in [-0.2, -0.15) is 0 Å². The number of nitrogens with zero attached hydrogens (tertiary/aromatic N) is 4. The number of aryl methyl sites for hydroxylation is 1. The fraction of sp³-hybridized carbons (Fsp3) is 0.522. The van der Waals surface area contributed by atoms with Crippen LogP contribution in [0.15, 0.2) is 41.6 Å². The van der Waals surface area contributed by atoms with Crippen molar-refractivity contribution in [1.82, 2.24) is 14.9 Å². The van der Waals surface area contributed by atoms with Crippen molar-refractivity contribution in [1.29, 1.82) is 0 Å². The molecule has 1 saturated carbocycles. The number of pyridine rings is 2. The number of hydrogen-bond acceptors (Lipinski definition) is 6. The van der Waals surface area contributed by atoms with E-state index >= 15 is 0 Å². The first kappa shape index (κ1) is 20.4. The minimum atomic E-state index is -3.53. The van der Waals surface area contributed by atoms with Crippen LogP contribution in [-0.2, 0) is 14.6 Å². The molecule has 2 saturated heterocycles. The Bertz CT molecular complexity index is 1070. The van der Waals surface area contributed by atoms with E-state index in [4.69, 9.17) is 0 Å². The molecule has 5 rings (SSSR count). The summed E-state index contributed by atoms with van der Waals surface area (Å²) in [7, 11) is -3.53. The smallest absolute Gasteiger partial charge is 0.223 e. The standard InChI is InChI=1S/C23H28N4O3S/c1-16-4-9-21(25-13-16)27-18-7-8-19(27)15-26(14-18)22(28)10-12-31(29,30)20-3-2-11-24-23(20)17-5-6-17/h2-4,9,11,13,17-19H,5-8,10,12,14-15H2,1H3. The summed E-state index contributed by atoms with van der Waals surface area (Å²) in [5.74, 6) is 0.985. The van der Waals surface area contributed by atoms with E-state index in [1.54, 1.807) is 18.3 Å². The highest BCUT2D eigenvalue weighted by Gasteiger charge is 2.42. The molecule has 2 aliphatic heterocycles. The number of hydrogen-bond donors (Lipinski definition) is 0. The van der Waals surface area contributed by atoms with Crippen LogP contribution in [0.4, 0.5) is 5.82 Å². The molecule has 7 nitrogen and oxygen atoms in total. The zero-order chi connectivity index (χ0) is 21.6. The van der Waals surface area contributed by atoms with Gasteiger partial charge in [0.05, 0.1) is 16.3 Å². The molecule has 3 aliphatic rings. The maximum atomic E-state index is 13.0. The van der Waals surface area contributed by atoms with Crippen molar-refractivity contribution in [2.24, 2.45) is 0 Å². The molecule has 0 aromatic carbocycles. The molecule has 1 aliphatic carbocycles. The number of rotatable bonds is 6. The molecule has 164 valence electrons. The lowest BCUT2D eigenvalue weighted by molar-refractivity contribution is -0.131. The number of sulfone groups is 1. The number of carbonyl (C=O) groups excluding carboxylic acids is 1. The minimum absolute atomic E-state index is 0.0174. The summed E-state index contributed by atoms with van der Waals surface area (Å²) in [6.45, 7) is 3.28. The SMILES string of the molecule is Cc1ccc(N2C3CCC2CN(C(=O)CCS(=O)(=O)c2cccnc2C2CC2)C3)nc1. The highest BCUT2D eigenvalue weighted by Crippen LogP contribution is 2.41. The van der Waals surface area contributed by atoms with Crippen LogP contribution in [0.5, 0.6) is 0 Å². The van der Waals surface area contributed by atoms with Gasteiger partial charge in [-0.25, -0.2) is 13.4 Å². The van der Waals surface area contributed by atoms with Gasteiger partial charge >= 0.3 is 0 Å². The topological polar surface area (TPSA) is 83.5 Å². The number of amides is 1. The predicted molar refractivity (Wildman–Crippen MR) is 118 cm³/mol. The quantitative estimate of drug-likeness (QED) is 0.687. The van der Waals surface area contributed by atoms with Crippen LogP contribution >= 0.6 is 0 Å².